The minimum absolute atomic E-state index is 0.306. The van der Waals surface area contributed by atoms with Gasteiger partial charge < -0.3 is 4.74 Å². The summed E-state index contributed by atoms with van der Waals surface area (Å²) in [5.74, 6) is 0.438. The van der Waals surface area contributed by atoms with Gasteiger partial charge in [-0.25, -0.2) is 9.37 Å². The van der Waals surface area contributed by atoms with Gasteiger partial charge in [-0.3, -0.25) is 0 Å². The predicted octanol–water partition coefficient (Wildman–Crippen LogP) is 3.97. The number of nitrogens with zero attached hydrogens (tertiary/aromatic N) is 1. The lowest BCUT2D eigenvalue weighted by atomic mass is 10.2. The van der Waals surface area contributed by atoms with E-state index >= 15 is 0 Å². The van der Waals surface area contributed by atoms with Crippen molar-refractivity contribution in [2.45, 2.75) is 6.92 Å². The quantitative estimate of drug-likeness (QED) is 0.738. The van der Waals surface area contributed by atoms with Crippen LogP contribution in [0.25, 0.3) is 0 Å². The zero-order valence-electron chi connectivity index (χ0n) is 8.58. The maximum absolute atomic E-state index is 13.2. The monoisotopic (exact) mass is 237 g/mol. The molecule has 0 saturated carbocycles. The number of ether oxygens (including phenoxy) is 1. The molecule has 0 aliphatic carbocycles. The van der Waals surface area contributed by atoms with Crippen LogP contribution in [0.1, 0.15) is 5.56 Å². The number of aryl methyl sites for hydroxylation is 1. The van der Waals surface area contributed by atoms with Gasteiger partial charge in [-0.2, -0.15) is 0 Å². The lowest BCUT2D eigenvalue weighted by Gasteiger charge is -2.05. The van der Waals surface area contributed by atoms with E-state index in [1.54, 1.807) is 37.3 Å². The van der Waals surface area contributed by atoms with Crippen molar-refractivity contribution in [3.8, 4) is 11.6 Å². The van der Waals surface area contributed by atoms with E-state index in [1.807, 2.05) is 0 Å². The van der Waals surface area contributed by atoms with E-state index in [2.05, 4.69) is 4.98 Å². The lowest BCUT2D eigenvalue weighted by molar-refractivity contribution is 0.457. The summed E-state index contributed by atoms with van der Waals surface area (Å²) in [5, 5.41) is 0.338. The van der Waals surface area contributed by atoms with Gasteiger partial charge in [0, 0.05) is 12.1 Å². The molecular weight excluding hydrogens is 229 g/mol. The van der Waals surface area contributed by atoms with Gasteiger partial charge in [0.1, 0.15) is 16.7 Å². The van der Waals surface area contributed by atoms with Crippen LogP contribution in [0, 0.1) is 12.7 Å². The van der Waals surface area contributed by atoms with Crippen LogP contribution in [0.15, 0.2) is 36.4 Å². The maximum Gasteiger partial charge on any atom is 0.220 e. The second kappa shape index (κ2) is 4.49. The number of halogens is 2. The molecule has 0 fully saturated rings. The zero-order chi connectivity index (χ0) is 11.5. The summed E-state index contributed by atoms with van der Waals surface area (Å²) >= 11 is 5.70. The maximum atomic E-state index is 13.2. The van der Waals surface area contributed by atoms with Crippen molar-refractivity contribution in [3.63, 3.8) is 0 Å². The van der Waals surface area contributed by atoms with Gasteiger partial charge in [-0.15, -0.1) is 0 Å². The molecule has 0 aliphatic rings. The van der Waals surface area contributed by atoms with Crippen molar-refractivity contribution in [1.29, 1.82) is 0 Å². The molecule has 0 N–H and O–H groups in total. The third kappa shape index (κ3) is 2.49. The highest BCUT2D eigenvalue weighted by atomic mass is 35.5. The summed E-state index contributed by atoms with van der Waals surface area (Å²) in [6.45, 7) is 1.69. The van der Waals surface area contributed by atoms with Crippen molar-refractivity contribution in [2.75, 3.05) is 0 Å². The van der Waals surface area contributed by atoms with Crippen LogP contribution in [0.2, 0.25) is 5.15 Å². The largest absolute Gasteiger partial charge is 0.439 e. The number of pyridine rings is 1. The molecular formula is C12H9ClFNO. The van der Waals surface area contributed by atoms with Gasteiger partial charge in [0.2, 0.25) is 5.88 Å². The van der Waals surface area contributed by atoms with E-state index < -0.39 is 0 Å². The van der Waals surface area contributed by atoms with Gasteiger partial charge in [0.25, 0.3) is 0 Å². The van der Waals surface area contributed by atoms with Crippen LogP contribution >= 0.6 is 11.6 Å². The molecule has 0 spiro atoms. The summed E-state index contributed by atoms with van der Waals surface area (Å²) < 4.78 is 18.6. The minimum atomic E-state index is -0.306. The van der Waals surface area contributed by atoms with E-state index in [4.69, 9.17) is 16.3 Å². The summed E-state index contributed by atoms with van der Waals surface area (Å²) in [4.78, 5) is 3.94. The van der Waals surface area contributed by atoms with Crippen molar-refractivity contribution in [2.24, 2.45) is 0 Å². The highest BCUT2D eigenvalue weighted by molar-refractivity contribution is 6.29. The first-order chi connectivity index (χ1) is 7.65. The molecule has 0 aliphatic heterocycles. The van der Waals surface area contributed by atoms with Gasteiger partial charge in [0.05, 0.1) is 0 Å². The van der Waals surface area contributed by atoms with E-state index in [0.717, 1.165) is 0 Å². The van der Waals surface area contributed by atoms with Crippen molar-refractivity contribution < 1.29 is 9.13 Å². The fraction of sp³-hybridized carbons (Fsp3) is 0.0833. The standard InChI is InChI=1S/C12H9ClFNO/c1-8-5-6-9(7-10(8)14)16-12-4-2-3-11(13)15-12/h2-7H,1H3. The fourth-order valence-corrected chi connectivity index (χ4v) is 1.36. The highest BCUT2D eigenvalue weighted by Gasteiger charge is 2.02. The molecule has 4 heteroatoms. The first-order valence-corrected chi connectivity index (χ1v) is 5.09. The number of hydrogen-bond acceptors (Lipinski definition) is 2. The fourth-order valence-electron chi connectivity index (χ4n) is 1.20. The number of rotatable bonds is 2. The molecule has 1 aromatic heterocycles. The Hall–Kier alpha value is -1.61. The highest BCUT2D eigenvalue weighted by Crippen LogP contribution is 2.22. The molecule has 16 heavy (non-hydrogen) atoms. The Morgan fingerprint density at radius 3 is 2.75 bits per heavy atom. The molecule has 0 bridgehead atoms. The Morgan fingerprint density at radius 2 is 2.06 bits per heavy atom. The summed E-state index contributed by atoms with van der Waals surface area (Å²) in [7, 11) is 0. The molecule has 0 radical (unpaired) electrons. The van der Waals surface area contributed by atoms with Crippen LogP contribution < -0.4 is 4.74 Å². The van der Waals surface area contributed by atoms with Gasteiger partial charge in [-0.1, -0.05) is 23.7 Å². The third-order valence-electron chi connectivity index (χ3n) is 2.06. The summed E-state index contributed by atoms with van der Waals surface area (Å²) in [6, 6.07) is 9.66. The molecule has 1 heterocycles. The first-order valence-electron chi connectivity index (χ1n) is 4.72. The van der Waals surface area contributed by atoms with Crippen LogP contribution in [-0.2, 0) is 0 Å². The van der Waals surface area contributed by atoms with Crippen LogP contribution in [0.4, 0.5) is 4.39 Å². The lowest BCUT2D eigenvalue weighted by Crippen LogP contribution is -1.89. The SMILES string of the molecule is Cc1ccc(Oc2cccc(Cl)n2)cc1F. The van der Waals surface area contributed by atoms with Crippen molar-refractivity contribution in [3.05, 3.63) is 52.9 Å². The van der Waals surface area contributed by atoms with E-state index in [9.17, 15) is 4.39 Å². The molecule has 0 unspecified atom stereocenters. The first kappa shape index (κ1) is 10.9. The van der Waals surface area contributed by atoms with Crippen molar-refractivity contribution in [1.82, 2.24) is 4.98 Å². The Balaban J connectivity index is 2.24. The predicted molar refractivity (Wildman–Crippen MR) is 60.5 cm³/mol. The molecule has 0 atom stereocenters. The molecule has 82 valence electrons. The number of hydrogen-bond donors (Lipinski definition) is 0. The number of aromatic nitrogens is 1. The van der Waals surface area contributed by atoms with E-state index in [1.165, 1.54) is 6.07 Å². The van der Waals surface area contributed by atoms with Crippen molar-refractivity contribution >= 4 is 11.6 Å². The molecule has 2 aromatic rings. The molecule has 2 nitrogen and oxygen atoms in total. The smallest absolute Gasteiger partial charge is 0.220 e. The summed E-state index contributed by atoms with van der Waals surface area (Å²) in [6.07, 6.45) is 0. The second-order valence-corrected chi connectivity index (χ2v) is 3.70. The average molecular weight is 238 g/mol. The van der Waals surface area contributed by atoms with E-state index in [-0.39, 0.29) is 5.82 Å². The Bertz CT molecular complexity index is 516. The topological polar surface area (TPSA) is 22.1 Å². The minimum Gasteiger partial charge on any atom is -0.439 e. The Labute approximate surface area is 97.7 Å². The molecule has 2 rings (SSSR count). The molecule has 0 saturated heterocycles. The Morgan fingerprint density at radius 1 is 1.25 bits per heavy atom. The Kier molecular flexibility index (Phi) is 3.06. The van der Waals surface area contributed by atoms with Gasteiger partial charge >= 0.3 is 0 Å². The third-order valence-corrected chi connectivity index (χ3v) is 2.27. The van der Waals surface area contributed by atoms with E-state index in [0.29, 0.717) is 22.3 Å². The average Bonchev–Trinajstić information content (AvgIpc) is 2.24. The van der Waals surface area contributed by atoms with Crippen LogP contribution in [0.5, 0.6) is 11.6 Å². The van der Waals surface area contributed by atoms with Crippen LogP contribution in [0.3, 0.4) is 0 Å². The normalized spacial score (nSPS) is 10.2. The van der Waals surface area contributed by atoms with Gasteiger partial charge in [-0.05, 0) is 24.6 Å². The molecule has 0 amide bonds. The summed E-state index contributed by atoms with van der Waals surface area (Å²) in [5.41, 5.74) is 0.575. The van der Waals surface area contributed by atoms with Gasteiger partial charge in [0.15, 0.2) is 0 Å². The second-order valence-electron chi connectivity index (χ2n) is 3.31. The van der Waals surface area contributed by atoms with Crippen LogP contribution in [-0.4, -0.2) is 4.98 Å². The number of benzene rings is 1. The molecule has 1 aromatic carbocycles. The zero-order valence-corrected chi connectivity index (χ0v) is 9.33.